The molecule has 0 bridgehead atoms. The largest absolute Gasteiger partial charge is 0.497 e. The zero-order valence-corrected chi connectivity index (χ0v) is 21.3. The number of methoxy groups -OCH3 is 1. The van der Waals surface area contributed by atoms with Gasteiger partial charge in [-0.1, -0.05) is 17.7 Å². The van der Waals surface area contributed by atoms with E-state index in [9.17, 15) is 4.79 Å². The molecular weight excluding hydrogens is 506 g/mol. The van der Waals surface area contributed by atoms with Gasteiger partial charge in [-0.15, -0.1) is 0 Å². The Morgan fingerprint density at radius 1 is 1.16 bits per heavy atom. The van der Waals surface area contributed by atoms with E-state index in [2.05, 4.69) is 47.8 Å². The molecule has 1 saturated carbocycles. The first-order valence-electron chi connectivity index (χ1n) is 12.6. The fourth-order valence-corrected chi connectivity index (χ4v) is 6.58. The molecule has 11 heteroatoms. The normalized spacial score (nSPS) is 24.2. The number of hydrogen-bond acceptors (Lipinski definition) is 8. The van der Waals surface area contributed by atoms with Crippen LogP contribution in [0.25, 0.3) is 10.9 Å². The maximum atomic E-state index is 13.0. The molecule has 3 fully saturated rings. The van der Waals surface area contributed by atoms with Crippen molar-refractivity contribution in [1.82, 2.24) is 20.2 Å². The van der Waals surface area contributed by atoms with Gasteiger partial charge in [0.2, 0.25) is 5.91 Å². The summed E-state index contributed by atoms with van der Waals surface area (Å²) in [5, 5.41) is 15.3. The monoisotopic (exact) mass is 529 g/mol. The number of carbonyl (C=O) groups excluding carboxylic acids is 1. The second-order valence-corrected chi connectivity index (χ2v) is 11.2. The van der Waals surface area contributed by atoms with E-state index in [4.69, 9.17) is 21.1 Å². The van der Waals surface area contributed by atoms with Crippen LogP contribution in [0.15, 0.2) is 42.7 Å². The Hall–Kier alpha value is -3.89. The van der Waals surface area contributed by atoms with E-state index in [0.29, 0.717) is 16.7 Å². The first kappa shape index (κ1) is 22.1. The number of hydrogen-bond donors (Lipinski definition) is 3. The lowest BCUT2D eigenvalue weighted by Gasteiger charge is -2.55. The van der Waals surface area contributed by atoms with Crippen molar-refractivity contribution >= 4 is 51.6 Å². The van der Waals surface area contributed by atoms with Gasteiger partial charge in [-0.05, 0) is 47.9 Å². The van der Waals surface area contributed by atoms with Gasteiger partial charge in [0.05, 0.1) is 36.7 Å². The van der Waals surface area contributed by atoms with Gasteiger partial charge in [0.25, 0.3) is 0 Å². The summed E-state index contributed by atoms with van der Waals surface area (Å²) in [4.78, 5) is 24.0. The molecule has 38 heavy (non-hydrogen) atoms. The zero-order valence-electron chi connectivity index (χ0n) is 20.5. The molecule has 2 saturated heterocycles. The van der Waals surface area contributed by atoms with Crippen LogP contribution in [0.4, 0.5) is 23.1 Å². The van der Waals surface area contributed by atoms with Gasteiger partial charge in [-0.3, -0.25) is 9.89 Å². The van der Waals surface area contributed by atoms with Crippen LogP contribution in [0.2, 0.25) is 5.02 Å². The van der Waals surface area contributed by atoms with Crippen LogP contribution in [0.3, 0.4) is 0 Å². The zero-order chi connectivity index (χ0) is 25.6. The molecule has 0 unspecified atom stereocenters. The molecule has 5 heterocycles. The van der Waals surface area contributed by atoms with Gasteiger partial charge < -0.3 is 25.0 Å². The highest BCUT2D eigenvalue weighted by Gasteiger charge is 2.65. The third-order valence-corrected chi connectivity index (χ3v) is 8.84. The molecule has 4 aliphatic rings. The van der Waals surface area contributed by atoms with Crippen LogP contribution in [-0.2, 0) is 14.9 Å². The number of rotatable bonds is 5. The van der Waals surface area contributed by atoms with E-state index < -0.39 is 5.41 Å². The maximum Gasteiger partial charge on any atom is 0.235 e. The number of aromatic amines is 1. The molecule has 192 valence electrons. The lowest BCUT2D eigenvalue weighted by molar-refractivity contribution is -0.127. The minimum absolute atomic E-state index is 0.0463. The third-order valence-electron chi connectivity index (χ3n) is 8.49. The number of carbonyl (C=O) groups is 1. The summed E-state index contributed by atoms with van der Waals surface area (Å²) in [6.45, 7) is 3.36. The molecule has 8 rings (SSSR count). The topological polar surface area (TPSA) is 117 Å². The molecule has 2 spiro atoms. The predicted octanol–water partition coefficient (Wildman–Crippen LogP) is 3.97. The maximum absolute atomic E-state index is 13.0. The van der Waals surface area contributed by atoms with Gasteiger partial charge in [0, 0.05) is 30.1 Å². The molecule has 2 aromatic heterocycles. The van der Waals surface area contributed by atoms with Crippen molar-refractivity contribution in [3.8, 4) is 5.75 Å². The predicted molar refractivity (Wildman–Crippen MR) is 143 cm³/mol. The Morgan fingerprint density at radius 2 is 2.03 bits per heavy atom. The van der Waals surface area contributed by atoms with Crippen molar-refractivity contribution < 1.29 is 14.3 Å². The van der Waals surface area contributed by atoms with E-state index in [1.807, 2.05) is 24.3 Å². The Morgan fingerprint density at radius 3 is 2.82 bits per heavy atom. The van der Waals surface area contributed by atoms with Crippen LogP contribution < -0.4 is 20.3 Å². The molecule has 3 N–H and O–H groups in total. The number of amides is 1. The third kappa shape index (κ3) is 2.98. The molecule has 4 aromatic rings. The minimum atomic E-state index is -0.551. The number of aromatic nitrogens is 4. The molecule has 10 nitrogen and oxygen atoms in total. The van der Waals surface area contributed by atoms with Gasteiger partial charge in [-0.2, -0.15) is 5.10 Å². The lowest BCUT2D eigenvalue weighted by atomic mass is 9.78. The van der Waals surface area contributed by atoms with E-state index in [1.54, 1.807) is 7.11 Å². The molecule has 0 radical (unpaired) electrons. The highest BCUT2D eigenvalue weighted by atomic mass is 35.5. The number of fused-ring (bicyclic) bond motifs is 3. The Kier molecular flexibility index (Phi) is 4.41. The second-order valence-electron chi connectivity index (χ2n) is 10.8. The number of nitrogens with zero attached hydrogens (tertiary/aromatic N) is 4. The smallest absolute Gasteiger partial charge is 0.235 e. The summed E-state index contributed by atoms with van der Waals surface area (Å²) >= 11 is 6.71. The van der Waals surface area contributed by atoms with Crippen molar-refractivity contribution in [3.05, 3.63) is 58.9 Å². The number of H-pyrrole nitrogens is 1. The van der Waals surface area contributed by atoms with E-state index in [0.717, 1.165) is 72.0 Å². The van der Waals surface area contributed by atoms with Crippen LogP contribution in [0, 0.1) is 5.41 Å². The summed E-state index contributed by atoms with van der Waals surface area (Å²) in [6.07, 6.45) is 2.28. The standard InChI is InChI=1S/C27H24ClN7O3/c1-37-15-3-5-19-17(7-15)27(25(36)31-19)8-18(27)14-2-4-16-20(6-14)33-34-22(16)32-23-21(28)24(30-13-29-23)35-9-26(10-35)11-38-12-26/h2-7,13,18H,8-12H2,1H3,(H,31,36)(H2,29,30,32,33,34)/t18-,27-/m0/s1. The number of nitrogens with one attached hydrogen (secondary N) is 3. The number of halogens is 1. The summed E-state index contributed by atoms with van der Waals surface area (Å²) in [7, 11) is 1.64. The number of anilines is 4. The van der Waals surface area contributed by atoms with Crippen LogP contribution >= 0.6 is 11.6 Å². The molecular formula is C27H24ClN7O3. The highest BCUT2D eigenvalue weighted by molar-refractivity contribution is 6.35. The van der Waals surface area contributed by atoms with Gasteiger partial charge >= 0.3 is 0 Å². The van der Waals surface area contributed by atoms with Gasteiger partial charge in [0.15, 0.2) is 17.5 Å². The summed E-state index contributed by atoms with van der Waals surface area (Å²) in [5.74, 6) is 2.74. The summed E-state index contributed by atoms with van der Waals surface area (Å²) in [5.41, 5.74) is 3.54. The van der Waals surface area contributed by atoms with Crippen molar-refractivity contribution in [2.45, 2.75) is 17.8 Å². The molecule has 1 amide bonds. The van der Waals surface area contributed by atoms with Crippen molar-refractivity contribution in [2.75, 3.05) is 48.9 Å². The summed E-state index contributed by atoms with van der Waals surface area (Å²) in [6, 6.07) is 11.9. The lowest BCUT2D eigenvalue weighted by Crippen LogP contribution is -2.66. The van der Waals surface area contributed by atoms with Crippen molar-refractivity contribution in [3.63, 3.8) is 0 Å². The van der Waals surface area contributed by atoms with E-state index in [-0.39, 0.29) is 17.2 Å². The first-order valence-corrected chi connectivity index (χ1v) is 13.0. The Labute approximate surface area is 222 Å². The first-order chi connectivity index (χ1) is 18.5. The van der Waals surface area contributed by atoms with Gasteiger partial charge in [-0.25, -0.2) is 9.97 Å². The van der Waals surface area contributed by atoms with Crippen LogP contribution in [-0.4, -0.2) is 59.5 Å². The van der Waals surface area contributed by atoms with Crippen molar-refractivity contribution in [2.24, 2.45) is 5.41 Å². The molecule has 2 aromatic carbocycles. The van der Waals surface area contributed by atoms with E-state index >= 15 is 0 Å². The molecule has 1 aliphatic carbocycles. The Bertz CT molecular complexity index is 1640. The average molecular weight is 530 g/mol. The highest BCUT2D eigenvalue weighted by Crippen LogP contribution is 2.65. The fourth-order valence-electron chi connectivity index (χ4n) is 6.31. The molecule has 2 atom stereocenters. The molecule has 3 aliphatic heterocycles. The van der Waals surface area contributed by atoms with Crippen LogP contribution in [0.5, 0.6) is 5.75 Å². The van der Waals surface area contributed by atoms with Gasteiger partial charge in [0.1, 0.15) is 17.1 Å². The second kappa shape index (κ2) is 7.58. The SMILES string of the molecule is COc1ccc2c(c1)[C@]1(C[C@H]1c1ccc3c(Nc4ncnc(N5CC6(COC6)C5)c4Cl)n[nH]c3c1)C(=O)N2. The average Bonchev–Trinajstić information content (AvgIpc) is 3.42. The number of benzene rings is 2. The van der Waals surface area contributed by atoms with Crippen molar-refractivity contribution in [1.29, 1.82) is 0 Å². The fraction of sp³-hybridized carbons (Fsp3) is 0.333. The van der Waals surface area contributed by atoms with Crippen LogP contribution in [0.1, 0.15) is 23.5 Å². The van der Waals surface area contributed by atoms with E-state index in [1.165, 1.54) is 6.33 Å². The minimum Gasteiger partial charge on any atom is -0.497 e. The number of ether oxygens (including phenoxy) is 2. The quantitative estimate of drug-likeness (QED) is 0.355. The summed E-state index contributed by atoms with van der Waals surface area (Å²) < 4.78 is 10.8. The Balaban J connectivity index is 1.06.